The molecule has 9 aromatic rings. The number of aromatic nitrogens is 1. The van der Waals surface area contributed by atoms with Gasteiger partial charge in [-0.15, -0.1) is 0 Å². The Kier molecular flexibility index (Phi) is 8.01. The molecule has 4 atom stereocenters. The molecule has 2 heteroatoms. The first-order chi connectivity index (χ1) is 29.2. The molecule has 4 saturated carbocycles. The minimum atomic E-state index is 0.404. The number of rotatable bonds is 8. The van der Waals surface area contributed by atoms with Gasteiger partial charge in [0.05, 0.1) is 16.7 Å². The standard InChI is InChI=1S/C57H46N2/c1-2-10-40(11-3-1)42-22-28-48(29-23-42)58(50-32-26-47(27-33-50)57-36-39-34-45(37-57)46(35-39)38-57)49-30-24-43(25-31-49)41-18-20-44(21-19-41)51-12-4-7-15-54(51)59-55-16-8-5-13-52(55)53-14-6-9-17-56(53)59/h1-33,39,45-46H,34-38H2/t39?,45-,46?,57?/m0/s1. The Hall–Kier alpha value is -6.64. The van der Waals surface area contributed by atoms with Crippen molar-refractivity contribution in [2.24, 2.45) is 17.8 Å². The highest BCUT2D eigenvalue weighted by molar-refractivity contribution is 6.09. The maximum Gasteiger partial charge on any atom is 0.0541 e. The molecule has 1 aromatic heterocycles. The Bertz CT molecular complexity index is 2880. The van der Waals surface area contributed by atoms with Crippen molar-refractivity contribution in [3.8, 4) is 39.1 Å². The molecule has 4 bridgehead atoms. The molecule has 4 fully saturated rings. The second kappa shape index (κ2) is 13.7. The quantitative estimate of drug-likeness (QED) is 0.150. The fourth-order valence-corrected chi connectivity index (χ4v) is 11.7. The van der Waals surface area contributed by atoms with Crippen molar-refractivity contribution in [2.75, 3.05) is 4.90 Å². The average Bonchev–Trinajstić information content (AvgIpc) is 3.89. The maximum atomic E-state index is 2.46. The molecule has 284 valence electrons. The Morgan fingerprint density at radius 3 is 1.39 bits per heavy atom. The van der Waals surface area contributed by atoms with Crippen LogP contribution in [0.15, 0.2) is 200 Å². The highest BCUT2D eigenvalue weighted by Gasteiger charge is 2.56. The van der Waals surface area contributed by atoms with E-state index in [4.69, 9.17) is 0 Å². The van der Waals surface area contributed by atoms with E-state index in [1.807, 2.05) is 0 Å². The molecule has 0 saturated heterocycles. The van der Waals surface area contributed by atoms with Crippen LogP contribution < -0.4 is 4.90 Å². The van der Waals surface area contributed by atoms with E-state index in [0.717, 1.165) is 29.1 Å². The summed E-state index contributed by atoms with van der Waals surface area (Å²) in [5.74, 6) is 2.87. The fraction of sp³-hybridized carbons (Fsp3) is 0.158. The lowest BCUT2D eigenvalue weighted by molar-refractivity contribution is 0.229. The number of hydrogen-bond donors (Lipinski definition) is 0. The third kappa shape index (κ3) is 5.76. The van der Waals surface area contributed by atoms with Crippen molar-refractivity contribution in [3.05, 3.63) is 206 Å². The largest absolute Gasteiger partial charge is 0.311 e. The normalized spacial score (nSPS) is 20.4. The van der Waals surface area contributed by atoms with Gasteiger partial charge in [-0.3, -0.25) is 0 Å². The number of benzene rings is 8. The van der Waals surface area contributed by atoms with Gasteiger partial charge in [0.2, 0.25) is 0 Å². The van der Waals surface area contributed by atoms with Crippen molar-refractivity contribution >= 4 is 38.9 Å². The van der Waals surface area contributed by atoms with Crippen molar-refractivity contribution in [2.45, 2.75) is 37.5 Å². The van der Waals surface area contributed by atoms with E-state index in [-0.39, 0.29) is 0 Å². The topological polar surface area (TPSA) is 8.17 Å². The minimum Gasteiger partial charge on any atom is -0.311 e. The zero-order valence-corrected chi connectivity index (χ0v) is 33.2. The molecule has 13 rings (SSSR count). The SMILES string of the molecule is c1ccc(-c2ccc(N(c3ccc(-c4ccc(-c5ccccc5-n5c6ccccc6c6ccccc65)cc4)cc3)c3ccc(C45CC6CC(C4)[C@@H](C6)C5)cc3)cc2)cc1. The highest BCUT2D eigenvalue weighted by Crippen LogP contribution is 2.64. The molecule has 0 amide bonds. The van der Waals surface area contributed by atoms with E-state index >= 15 is 0 Å². The molecule has 2 nitrogen and oxygen atoms in total. The van der Waals surface area contributed by atoms with Crippen LogP contribution in [0.4, 0.5) is 17.1 Å². The van der Waals surface area contributed by atoms with Crippen LogP contribution in [0.1, 0.15) is 37.7 Å². The van der Waals surface area contributed by atoms with Crippen molar-refractivity contribution in [1.29, 1.82) is 0 Å². The fourth-order valence-electron chi connectivity index (χ4n) is 11.7. The molecule has 0 aliphatic heterocycles. The van der Waals surface area contributed by atoms with Gasteiger partial charge in [0, 0.05) is 33.4 Å². The average molecular weight is 759 g/mol. The molecule has 3 unspecified atom stereocenters. The van der Waals surface area contributed by atoms with E-state index in [2.05, 4.69) is 210 Å². The Balaban J connectivity index is 0.869. The molecular weight excluding hydrogens is 713 g/mol. The van der Waals surface area contributed by atoms with E-state index in [1.54, 1.807) is 5.56 Å². The van der Waals surface area contributed by atoms with Gasteiger partial charge in [-0.05, 0) is 143 Å². The maximum absolute atomic E-state index is 2.46. The predicted molar refractivity (Wildman–Crippen MR) is 247 cm³/mol. The van der Waals surface area contributed by atoms with Crippen LogP contribution in [-0.4, -0.2) is 4.57 Å². The summed E-state index contributed by atoms with van der Waals surface area (Å²) in [4.78, 5) is 2.42. The van der Waals surface area contributed by atoms with E-state index < -0.39 is 0 Å². The molecule has 0 radical (unpaired) electrons. The first-order valence-electron chi connectivity index (χ1n) is 21.5. The lowest BCUT2D eigenvalue weighted by Crippen LogP contribution is -2.31. The van der Waals surface area contributed by atoms with Gasteiger partial charge in [0.25, 0.3) is 0 Å². The van der Waals surface area contributed by atoms with Gasteiger partial charge in [0.1, 0.15) is 0 Å². The smallest absolute Gasteiger partial charge is 0.0541 e. The summed E-state index contributed by atoms with van der Waals surface area (Å²) in [7, 11) is 0. The summed E-state index contributed by atoms with van der Waals surface area (Å²) in [6.07, 6.45) is 7.15. The highest BCUT2D eigenvalue weighted by atomic mass is 15.1. The van der Waals surface area contributed by atoms with Gasteiger partial charge < -0.3 is 9.47 Å². The summed E-state index contributed by atoms with van der Waals surface area (Å²) in [5.41, 5.74) is 16.4. The second-order valence-corrected chi connectivity index (χ2v) is 17.6. The number of fused-ring (bicyclic) bond motifs is 3. The molecule has 4 aliphatic carbocycles. The molecule has 0 N–H and O–H groups in total. The van der Waals surface area contributed by atoms with E-state index in [0.29, 0.717) is 5.41 Å². The first-order valence-corrected chi connectivity index (χ1v) is 21.5. The molecule has 1 heterocycles. The van der Waals surface area contributed by atoms with E-state index in [9.17, 15) is 0 Å². The summed E-state index contributed by atoms with van der Waals surface area (Å²) in [5, 5.41) is 2.55. The molecule has 59 heavy (non-hydrogen) atoms. The van der Waals surface area contributed by atoms with Gasteiger partial charge in [-0.1, -0.05) is 146 Å². The number of para-hydroxylation sites is 3. The monoisotopic (exact) mass is 758 g/mol. The Morgan fingerprint density at radius 1 is 0.390 bits per heavy atom. The molecule has 0 spiro atoms. The number of anilines is 3. The summed E-state index contributed by atoms with van der Waals surface area (Å²) >= 11 is 0. The molecule has 8 aromatic carbocycles. The van der Waals surface area contributed by atoms with Crippen LogP contribution in [0.2, 0.25) is 0 Å². The zero-order valence-electron chi connectivity index (χ0n) is 33.2. The van der Waals surface area contributed by atoms with Crippen LogP contribution in [0.5, 0.6) is 0 Å². The van der Waals surface area contributed by atoms with Crippen LogP contribution in [0, 0.1) is 17.8 Å². The van der Waals surface area contributed by atoms with Gasteiger partial charge >= 0.3 is 0 Å². The zero-order chi connectivity index (χ0) is 38.9. The number of hydrogen-bond acceptors (Lipinski definition) is 1. The summed E-state index contributed by atoms with van der Waals surface area (Å²) < 4.78 is 2.42. The second-order valence-electron chi connectivity index (χ2n) is 17.6. The predicted octanol–water partition coefficient (Wildman–Crippen LogP) is 15.3. The van der Waals surface area contributed by atoms with E-state index in [1.165, 1.54) is 98.7 Å². The third-order valence-electron chi connectivity index (χ3n) is 14.3. The van der Waals surface area contributed by atoms with Gasteiger partial charge in [-0.25, -0.2) is 0 Å². The van der Waals surface area contributed by atoms with Crippen molar-refractivity contribution in [1.82, 2.24) is 4.57 Å². The summed E-state index contributed by atoms with van der Waals surface area (Å²) in [6.45, 7) is 0. The van der Waals surface area contributed by atoms with Gasteiger partial charge in [0.15, 0.2) is 0 Å². The molecular formula is C57H46N2. The third-order valence-corrected chi connectivity index (χ3v) is 14.3. The Morgan fingerprint density at radius 2 is 0.831 bits per heavy atom. The van der Waals surface area contributed by atoms with Gasteiger partial charge in [-0.2, -0.15) is 0 Å². The van der Waals surface area contributed by atoms with Crippen LogP contribution in [0.25, 0.3) is 60.9 Å². The molecule has 4 aliphatic rings. The van der Waals surface area contributed by atoms with Crippen LogP contribution in [0.3, 0.4) is 0 Å². The number of nitrogens with zero attached hydrogens (tertiary/aromatic N) is 2. The Labute approximate surface area is 347 Å². The summed E-state index contributed by atoms with van der Waals surface area (Å²) in [6, 6.07) is 73.9. The van der Waals surface area contributed by atoms with Crippen molar-refractivity contribution < 1.29 is 0 Å². The lowest BCUT2D eigenvalue weighted by Gasteiger charge is -2.39. The van der Waals surface area contributed by atoms with Crippen molar-refractivity contribution in [3.63, 3.8) is 0 Å². The van der Waals surface area contributed by atoms with Crippen LogP contribution >= 0.6 is 0 Å². The lowest BCUT2D eigenvalue weighted by atomic mass is 9.66. The first kappa shape index (κ1) is 34.4. The minimum absolute atomic E-state index is 0.404. The van der Waals surface area contributed by atoms with Crippen LogP contribution in [-0.2, 0) is 5.41 Å².